The molecule has 0 aliphatic carbocycles. The van der Waals surface area contributed by atoms with Gasteiger partial charge in [0.1, 0.15) is 0 Å². The molecule has 1 heterocycles. The van der Waals surface area contributed by atoms with Crippen LogP contribution in [0.15, 0.2) is 42.5 Å². The molecule has 8 heteroatoms. The fourth-order valence-electron chi connectivity index (χ4n) is 2.31. The maximum Gasteiger partial charge on any atom is 0.270 e. The lowest BCUT2D eigenvalue weighted by molar-refractivity contribution is -0.384. The Morgan fingerprint density at radius 1 is 1.21 bits per heavy atom. The third kappa shape index (κ3) is 4.04. The van der Waals surface area contributed by atoms with Gasteiger partial charge in [-0.1, -0.05) is 12.1 Å². The Hall–Kier alpha value is -1.26. The minimum atomic E-state index is -0.468. The number of nitrogens with one attached hydrogen (secondary N) is 1. The molecular weight excluding hydrogens is 459 g/mol. The zero-order chi connectivity index (χ0) is 17.1. The number of carbonyl (C=O) groups excluding carboxylic acids is 1. The molecule has 1 fully saturated rings. The Kier molecular flexibility index (Phi) is 5.67. The molecule has 0 unspecified atom stereocenters. The highest BCUT2D eigenvalue weighted by molar-refractivity contribution is 14.1. The molecule has 0 spiro atoms. The number of nitro benzene ring substituents is 1. The minimum Gasteiger partial charge on any atom is -0.322 e. The van der Waals surface area contributed by atoms with Crippen molar-refractivity contribution in [3.63, 3.8) is 0 Å². The number of halogens is 1. The normalized spacial score (nSPS) is 14.5. The van der Waals surface area contributed by atoms with Crippen LogP contribution in [0.3, 0.4) is 0 Å². The zero-order valence-corrected chi connectivity index (χ0v) is 16.2. The zero-order valence-electron chi connectivity index (χ0n) is 12.4. The standard InChI is InChI=1S/C16H13IN2O3S2/c17-14-9-12(19(21)22)4-5-13(14)15(20)18-11-3-1-2-10(8-11)16-23-6-7-24-16/h1-5,8-9,16H,6-7H2,(H,18,20). The average molecular weight is 472 g/mol. The average Bonchev–Trinajstić information content (AvgIpc) is 3.09. The fraction of sp³-hybridized carbons (Fsp3) is 0.188. The molecular formula is C16H13IN2O3S2. The van der Waals surface area contributed by atoms with E-state index in [0.717, 1.165) is 17.2 Å². The smallest absolute Gasteiger partial charge is 0.270 e. The van der Waals surface area contributed by atoms with E-state index in [-0.39, 0.29) is 11.6 Å². The highest BCUT2D eigenvalue weighted by Crippen LogP contribution is 2.45. The first-order valence-corrected chi connectivity index (χ1v) is 10.3. The van der Waals surface area contributed by atoms with Gasteiger partial charge in [0.25, 0.3) is 11.6 Å². The van der Waals surface area contributed by atoms with E-state index < -0.39 is 4.92 Å². The largest absolute Gasteiger partial charge is 0.322 e. The Bertz CT molecular complexity index is 795. The quantitative estimate of drug-likeness (QED) is 0.388. The lowest BCUT2D eigenvalue weighted by atomic mass is 10.1. The van der Waals surface area contributed by atoms with Crippen molar-refractivity contribution in [2.45, 2.75) is 4.58 Å². The van der Waals surface area contributed by atoms with Crippen LogP contribution < -0.4 is 5.32 Å². The number of carbonyl (C=O) groups is 1. The van der Waals surface area contributed by atoms with Crippen molar-refractivity contribution in [1.82, 2.24) is 0 Å². The molecule has 1 saturated heterocycles. The van der Waals surface area contributed by atoms with Crippen LogP contribution in [0.2, 0.25) is 0 Å². The summed E-state index contributed by atoms with van der Waals surface area (Å²) in [5.41, 5.74) is 2.34. The minimum absolute atomic E-state index is 0.0202. The van der Waals surface area contributed by atoms with Gasteiger partial charge in [-0.3, -0.25) is 14.9 Å². The van der Waals surface area contributed by atoms with Crippen molar-refractivity contribution in [3.05, 3.63) is 67.3 Å². The van der Waals surface area contributed by atoms with Crippen molar-refractivity contribution in [1.29, 1.82) is 0 Å². The molecule has 0 saturated carbocycles. The molecule has 1 aliphatic rings. The van der Waals surface area contributed by atoms with Crippen molar-refractivity contribution in [2.24, 2.45) is 0 Å². The number of amides is 1. The number of non-ortho nitro benzene ring substituents is 1. The van der Waals surface area contributed by atoms with Crippen LogP contribution in [-0.2, 0) is 0 Å². The van der Waals surface area contributed by atoms with E-state index in [4.69, 9.17) is 0 Å². The number of nitro groups is 1. The van der Waals surface area contributed by atoms with Gasteiger partial charge in [0.05, 0.1) is 15.1 Å². The molecule has 1 amide bonds. The first kappa shape index (κ1) is 17.6. The van der Waals surface area contributed by atoms with Gasteiger partial charge < -0.3 is 5.32 Å². The molecule has 24 heavy (non-hydrogen) atoms. The van der Waals surface area contributed by atoms with Gasteiger partial charge in [-0.05, 0) is 46.4 Å². The lowest BCUT2D eigenvalue weighted by Crippen LogP contribution is -2.13. The maximum absolute atomic E-state index is 12.5. The van der Waals surface area contributed by atoms with E-state index in [0.29, 0.717) is 13.7 Å². The SMILES string of the molecule is O=C(Nc1cccc(C2SCCS2)c1)c1ccc([N+](=O)[O-])cc1I. The summed E-state index contributed by atoms with van der Waals surface area (Å²) in [4.78, 5) is 22.8. The molecule has 2 aromatic rings. The predicted octanol–water partition coefficient (Wildman–Crippen LogP) is 4.93. The number of anilines is 1. The first-order chi connectivity index (χ1) is 11.5. The molecule has 1 N–H and O–H groups in total. The van der Waals surface area contributed by atoms with Gasteiger partial charge in [0, 0.05) is 32.9 Å². The first-order valence-electron chi connectivity index (χ1n) is 7.13. The fourth-order valence-corrected chi connectivity index (χ4v) is 5.90. The van der Waals surface area contributed by atoms with Crippen LogP contribution in [0, 0.1) is 13.7 Å². The molecule has 0 bridgehead atoms. The van der Waals surface area contributed by atoms with Crippen molar-refractivity contribution in [3.8, 4) is 0 Å². The Morgan fingerprint density at radius 2 is 1.96 bits per heavy atom. The lowest BCUT2D eigenvalue weighted by Gasteiger charge is -2.11. The Labute approximate surface area is 161 Å². The second-order valence-corrected chi connectivity index (χ2v) is 8.96. The number of hydrogen-bond donors (Lipinski definition) is 1. The predicted molar refractivity (Wildman–Crippen MR) is 108 cm³/mol. The van der Waals surface area contributed by atoms with E-state index in [1.165, 1.54) is 23.8 Å². The second-order valence-electron chi connectivity index (χ2n) is 5.07. The number of rotatable bonds is 4. The van der Waals surface area contributed by atoms with Crippen LogP contribution in [0.1, 0.15) is 20.5 Å². The molecule has 5 nitrogen and oxygen atoms in total. The van der Waals surface area contributed by atoms with Crippen LogP contribution >= 0.6 is 46.1 Å². The maximum atomic E-state index is 12.5. The highest BCUT2D eigenvalue weighted by atomic mass is 127. The van der Waals surface area contributed by atoms with Crippen molar-refractivity contribution >= 4 is 63.4 Å². The summed E-state index contributed by atoms with van der Waals surface area (Å²) in [5.74, 6) is 2.03. The third-order valence-electron chi connectivity index (χ3n) is 3.45. The summed E-state index contributed by atoms with van der Waals surface area (Å²) < 4.78 is 0.971. The van der Waals surface area contributed by atoms with Gasteiger partial charge in [-0.15, -0.1) is 23.5 Å². The second kappa shape index (κ2) is 7.75. The van der Waals surface area contributed by atoms with Crippen LogP contribution in [0.25, 0.3) is 0 Å². The summed E-state index contributed by atoms with van der Waals surface area (Å²) >= 11 is 5.77. The number of benzene rings is 2. The molecule has 0 atom stereocenters. The van der Waals surface area contributed by atoms with E-state index in [9.17, 15) is 14.9 Å². The van der Waals surface area contributed by atoms with Gasteiger partial charge in [-0.2, -0.15) is 0 Å². The molecule has 124 valence electrons. The summed E-state index contributed by atoms with van der Waals surface area (Å²) in [6, 6.07) is 12.1. The van der Waals surface area contributed by atoms with E-state index in [1.54, 1.807) is 0 Å². The Morgan fingerprint density at radius 3 is 2.62 bits per heavy atom. The highest BCUT2D eigenvalue weighted by Gasteiger charge is 2.19. The van der Waals surface area contributed by atoms with Crippen LogP contribution in [0.5, 0.6) is 0 Å². The number of thioether (sulfide) groups is 2. The van der Waals surface area contributed by atoms with Gasteiger partial charge in [0.2, 0.25) is 0 Å². The van der Waals surface area contributed by atoms with E-state index in [1.807, 2.05) is 64.3 Å². The van der Waals surface area contributed by atoms with Gasteiger partial charge in [-0.25, -0.2) is 0 Å². The topological polar surface area (TPSA) is 72.2 Å². The van der Waals surface area contributed by atoms with Crippen LogP contribution in [0.4, 0.5) is 11.4 Å². The van der Waals surface area contributed by atoms with E-state index >= 15 is 0 Å². The molecule has 0 aromatic heterocycles. The summed E-state index contributed by atoms with van der Waals surface area (Å²) in [7, 11) is 0. The Balaban J connectivity index is 1.77. The summed E-state index contributed by atoms with van der Waals surface area (Å²) in [6.07, 6.45) is 0. The third-order valence-corrected chi connectivity index (χ3v) is 7.44. The molecule has 3 rings (SSSR count). The monoisotopic (exact) mass is 472 g/mol. The summed E-state index contributed by atoms with van der Waals surface area (Å²) in [6.45, 7) is 0. The number of nitrogens with zero attached hydrogens (tertiary/aromatic N) is 1. The van der Waals surface area contributed by atoms with Crippen molar-refractivity contribution in [2.75, 3.05) is 16.8 Å². The van der Waals surface area contributed by atoms with Gasteiger partial charge in [0.15, 0.2) is 0 Å². The van der Waals surface area contributed by atoms with Crippen LogP contribution in [-0.4, -0.2) is 22.3 Å². The molecule has 2 aromatic carbocycles. The van der Waals surface area contributed by atoms with Gasteiger partial charge >= 0.3 is 0 Å². The van der Waals surface area contributed by atoms with E-state index in [2.05, 4.69) is 11.4 Å². The van der Waals surface area contributed by atoms with Crippen molar-refractivity contribution < 1.29 is 9.72 Å². The molecule has 1 aliphatic heterocycles. The summed E-state index contributed by atoms with van der Waals surface area (Å²) in [5, 5.41) is 13.7. The number of hydrogen-bond acceptors (Lipinski definition) is 5. The molecule has 0 radical (unpaired) electrons.